The average molecular weight is 327 g/mol. The van der Waals surface area contributed by atoms with E-state index in [1.807, 2.05) is 61.5 Å². The molecule has 24 heavy (non-hydrogen) atoms. The van der Waals surface area contributed by atoms with E-state index in [2.05, 4.69) is 5.32 Å². The van der Waals surface area contributed by atoms with Crippen LogP contribution in [0.15, 0.2) is 54.6 Å². The number of aliphatic hydroxyl groups excluding tert-OH is 1. The van der Waals surface area contributed by atoms with Crippen molar-refractivity contribution in [2.24, 2.45) is 5.92 Å². The van der Waals surface area contributed by atoms with Gasteiger partial charge >= 0.3 is 0 Å². The lowest BCUT2D eigenvalue weighted by Crippen LogP contribution is -2.42. The van der Waals surface area contributed by atoms with Gasteiger partial charge in [-0.1, -0.05) is 49.4 Å². The van der Waals surface area contributed by atoms with Crippen molar-refractivity contribution in [3.05, 3.63) is 65.7 Å². The Kier molecular flexibility index (Phi) is 6.82. The van der Waals surface area contributed by atoms with E-state index < -0.39 is 0 Å². The summed E-state index contributed by atoms with van der Waals surface area (Å²) in [5.41, 5.74) is 2.18. The molecule has 2 atom stereocenters. The maximum Gasteiger partial charge on any atom is 0.223 e. The second-order valence-electron chi connectivity index (χ2n) is 6.03. The molecule has 1 amide bonds. The normalized spacial score (nSPS) is 13.1. The summed E-state index contributed by atoms with van der Waals surface area (Å²) in [5, 5.41) is 12.5. The van der Waals surface area contributed by atoms with Crippen LogP contribution < -0.4 is 10.1 Å². The monoisotopic (exact) mass is 327 g/mol. The Bertz CT molecular complexity index is 625. The predicted molar refractivity (Wildman–Crippen MR) is 95.0 cm³/mol. The van der Waals surface area contributed by atoms with Gasteiger partial charge in [-0.3, -0.25) is 4.79 Å². The van der Waals surface area contributed by atoms with Crippen molar-refractivity contribution < 1.29 is 14.6 Å². The third-order valence-corrected chi connectivity index (χ3v) is 4.04. The van der Waals surface area contributed by atoms with Crippen LogP contribution in [0.3, 0.4) is 0 Å². The summed E-state index contributed by atoms with van der Waals surface area (Å²) in [4.78, 5) is 12.4. The lowest BCUT2D eigenvalue weighted by Gasteiger charge is -2.19. The van der Waals surface area contributed by atoms with Gasteiger partial charge in [0.25, 0.3) is 0 Å². The first-order valence-corrected chi connectivity index (χ1v) is 8.20. The molecule has 4 nitrogen and oxygen atoms in total. The highest BCUT2D eigenvalue weighted by Gasteiger charge is 2.18. The Morgan fingerprint density at radius 1 is 1.04 bits per heavy atom. The molecule has 4 heteroatoms. The van der Waals surface area contributed by atoms with Crippen LogP contribution in [0, 0.1) is 5.92 Å². The van der Waals surface area contributed by atoms with Gasteiger partial charge in [-0.15, -0.1) is 0 Å². The molecule has 0 fully saturated rings. The number of ether oxygens (including phenoxy) is 1. The summed E-state index contributed by atoms with van der Waals surface area (Å²) in [6.07, 6.45) is 1.28. The molecular weight excluding hydrogens is 302 g/mol. The molecule has 0 heterocycles. The zero-order chi connectivity index (χ0) is 17.4. The van der Waals surface area contributed by atoms with Crippen molar-refractivity contribution in [1.29, 1.82) is 0 Å². The van der Waals surface area contributed by atoms with Crippen molar-refractivity contribution in [3.63, 3.8) is 0 Å². The van der Waals surface area contributed by atoms with Crippen LogP contribution in [0.5, 0.6) is 5.75 Å². The first-order chi connectivity index (χ1) is 11.6. The molecule has 0 saturated carbocycles. The minimum absolute atomic E-state index is 0.0409. The second-order valence-corrected chi connectivity index (χ2v) is 6.03. The molecule has 2 N–H and O–H groups in total. The van der Waals surface area contributed by atoms with Crippen molar-refractivity contribution >= 4 is 5.91 Å². The molecule has 0 aliphatic heterocycles. The topological polar surface area (TPSA) is 58.6 Å². The van der Waals surface area contributed by atoms with Crippen LogP contribution in [0.1, 0.15) is 18.1 Å². The minimum Gasteiger partial charge on any atom is -0.497 e. The van der Waals surface area contributed by atoms with E-state index in [4.69, 9.17) is 4.74 Å². The molecule has 0 bridgehead atoms. The number of carbonyl (C=O) groups excluding carboxylic acids is 1. The fraction of sp³-hybridized carbons (Fsp3) is 0.350. The first-order valence-electron chi connectivity index (χ1n) is 8.20. The standard InChI is InChI=1S/C20H25NO3/c1-15(12-17-8-10-19(24-2)11-9-17)20(23)21-18(14-22)13-16-6-4-3-5-7-16/h3-11,15,18,22H,12-14H2,1-2H3,(H,21,23). The number of hydrogen-bond donors (Lipinski definition) is 2. The van der Waals surface area contributed by atoms with Crippen LogP contribution in [-0.4, -0.2) is 30.8 Å². The second kappa shape index (κ2) is 9.08. The van der Waals surface area contributed by atoms with Crippen LogP contribution in [-0.2, 0) is 17.6 Å². The summed E-state index contributed by atoms with van der Waals surface area (Å²) in [7, 11) is 1.63. The Labute approximate surface area is 143 Å². The third-order valence-electron chi connectivity index (χ3n) is 4.04. The van der Waals surface area contributed by atoms with Crippen molar-refractivity contribution in [2.75, 3.05) is 13.7 Å². The van der Waals surface area contributed by atoms with E-state index in [0.29, 0.717) is 12.8 Å². The molecule has 2 aromatic carbocycles. The molecule has 0 aliphatic carbocycles. The van der Waals surface area contributed by atoms with E-state index in [1.54, 1.807) is 7.11 Å². The molecule has 0 saturated heterocycles. The van der Waals surface area contributed by atoms with Crippen molar-refractivity contribution in [2.45, 2.75) is 25.8 Å². The van der Waals surface area contributed by atoms with Gasteiger partial charge < -0.3 is 15.2 Å². The van der Waals surface area contributed by atoms with Crippen LogP contribution in [0.25, 0.3) is 0 Å². The van der Waals surface area contributed by atoms with Gasteiger partial charge in [0.05, 0.1) is 19.8 Å². The van der Waals surface area contributed by atoms with E-state index in [9.17, 15) is 9.90 Å². The fourth-order valence-electron chi connectivity index (χ4n) is 2.61. The van der Waals surface area contributed by atoms with E-state index in [-0.39, 0.29) is 24.5 Å². The Hall–Kier alpha value is -2.33. The highest BCUT2D eigenvalue weighted by Crippen LogP contribution is 2.15. The maximum absolute atomic E-state index is 12.4. The molecule has 2 aromatic rings. The van der Waals surface area contributed by atoms with Crippen LogP contribution in [0.2, 0.25) is 0 Å². The van der Waals surface area contributed by atoms with Gasteiger partial charge in [0.2, 0.25) is 5.91 Å². The summed E-state index contributed by atoms with van der Waals surface area (Å²) >= 11 is 0. The number of rotatable bonds is 8. The number of nitrogens with one attached hydrogen (secondary N) is 1. The smallest absolute Gasteiger partial charge is 0.223 e. The molecule has 128 valence electrons. The maximum atomic E-state index is 12.4. The highest BCUT2D eigenvalue weighted by atomic mass is 16.5. The highest BCUT2D eigenvalue weighted by molar-refractivity contribution is 5.79. The summed E-state index contributed by atoms with van der Waals surface area (Å²) in [6, 6.07) is 17.3. The first kappa shape index (κ1) is 18.0. The molecule has 2 rings (SSSR count). The van der Waals surface area contributed by atoms with Crippen molar-refractivity contribution in [1.82, 2.24) is 5.32 Å². The largest absolute Gasteiger partial charge is 0.497 e. The van der Waals surface area contributed by atoms with Gasteiger partial charge in [-0.2, -0.15) is 0 Å². The lowest BCUT2D eigenvalue weighted by molar-refractivity contribution is -0.125. The lowest BCUT2D eigenvalue weighted by atomic mass is 9.99. The van der Waals surface area contributed by atoms with E-state index in [0.717, 1.165) is 16.9 Å². The van der Waals surface area contributed by atoms with E-state index in [1.165, 1.54) is 0 Å². The van der Waals surface area contributed by atoms with Crippen molar-refractivity contribution in [3.8, 4) is 5.75 Å². The van der Waals surface area contributed by atoms with Gasteiger partial charge in [0.15, 0.2) is 0 Å². The van der Waals surface area contributed by atoms with Gasteiger partial charge in [0.1, 0.15) is 5.75 Å². The molecule has 2 unspecified atom stereocenters. The number of methoxy groups -OCH3 is 1. The molecular formula is C20H25NO3. The number of benzene rings is 2. The Balaban J connectivity index is 1.89. The predicted octanol–water partition coefficient (Wildman–Crippen LogP) is 2.59. The average Bonchev–Trinajstić information content (AvgIpc) is 2.62. The fourth-order valence-corrected chi connectivity index (χ4v) is 2.61. The van der Waals surface area contributed by atoms with Crippen LogP contribution in [0.4, 0.5) is 0 Å². The molecule has 0 radical (unpaired) electrons. The summed E-state index contributed by atoms with van der Waals surface area (Å²) in [5.74, 6) is 0.600. The van der Waals surface area contributed by atoms with Gasteiger partial charge in [-0.25, -0.2) is 0 Å². The van der Waals surface area contributed by atoms with Gasteiger partial charge in [-0.05, 0) is 36.1 Å². The summed E-state index contributed by atoms with van der Waals surface area (Å²) in [6.45, 7) is 1.83. The zero-order valence-corrected chi connectivity index (χ0v) is 14.2. The Morgan fingerprint density at radius 3 is 2.25 bits per heavy atom. The van der Waals surface area contributed by atoms with E-state index >= 15 is 0 Å². The quantitative estimate of drug-likeness (QED) is 0.783. The minimum atomic E-state index is -0.266. The number of hydrogen-bond acceptors (Lipinski definition) is 3. The molecule has 0 aliphatic rings. The number of carbonyl (C=O) groups is 1. The molecule has 0 spiro atoms. The summed E-state index contributed by atoms with van der Waals surface area (Å²) < 4.78 is 5.14. The Morgan fingerprint density at radius 2 is 1.67 bits per heavy atom. The van der Waals surface area contributed by atoms with Crippen LogP contribution >= 0.6 is 0 Å². The third kappa shape index (κ3) is 5.39. The zero-order valence-electron chi connectivity index (χ0n) is 14.2. The molecule has 0 aromatic heterocycles. The SMILES string of the molecule is COc1ccc(CC(C)C(=O)NC(CO)Cc2ccccc2)cc1. The van der Waals surface area contributed by atoms with Gasteiger partial charge in [0, 0.05) is 5.92 Å². The number of aliphatic hydroxyl groups is 1. The number of amides is 1.